The third kappa shape index (κ3) is 4.96. The molecule has 26 heavy (non-hydrogen) atoms. The lowest BCUT2D eigenvalue weighted by Gasteiger charge is -2.08. The summed E-state index contributed by atoms with van der Waals surface area (Å²) in [6.07, 6.45) is 2.30. The van der Waals surface area contributed by atoms with Gasteiger partial charge in [0.25, 0.3) is 0 Å². The molecule has 1 unspecified atom stereocenters. The molecule has 142 valence electrons. The number of nitrogens with zero attached hydrogens (tertiary/aromatic N) is 3. The summed E-state index contributed by atoms with van der Waals surface area (Å²) in [5.41, 5.74) is 1.25. The van der Waals surface area contributed by atoms with Crippen LogP contribution >= 0.6 is 0 Å². The predicted octanol–water partition coefficient (Wildman–Crippen LogP) is 5.24. The van der Waals surface area contributed by atoms with Gasteiger partial charge < -0.3 is 0 Å². The number of benzene rings is 1. The molecule has 0 radical (unpaired) electrons. The van der Waals surface area contributed by atoms with E-state index in [1.54, 1.807) is 0 Å². The van der Waals surface area contributed by atoms with Crippen LogP contribution in [0.2, 0.25) is 0 Å². The molecule has 4 nitrogen and oxygen atoms in total. The SMILES string of the molecule is CCC(F)(F)CC.CCCC(=O)c1nc2n(n1)CCC2c1ccccc1. The molecule has 1 aromatic carbocycles. The van der Waals surface area contributed by atoms with E-state index in [1.807, 2.05) is 29.8 Å². The van der Waals surface area contributed by atoms with Gasteiger partial charge in [0.05, 0.1) is 0 Å². The van der Waals surface area contributed by atoms with Crippen LogP contribution in [0.25, 0.3) is 0 Å². The van der Waals surface area contributed by atoms with Crippen LogP contribution in [0.5, 0.6) is 0 Å². The largest absolute Gasteiger partial charge is 0.291 e. The molecule has 0 bridgehead atoms. The second kappa shape index (κ2) is 9.01. The minimum Gasteiger partial charge on any atom is -0.291 e. The maximum Gasteiger partial charge on any atom is 0.247 e. The van der Waals surface area contributed by atoms with Gasteiger partial charge in [0.1, 0.15) is 5.82 Å². The molecule has 2 aromatic rings. The molecular weight excluding hydrogens is 336 g/mol. The highest BCUT2D eigenvalue weighted by atomic mass is 19.3. The number of alkyl halides is 2. The number of fused-ring (bicyclic) bond motifs is 1. The highest BCUT2D eigenvalue weighted by Gasteiger charge is 2.29. The van der Waals surface area contributed by atoms with Crippen LogP contribution in [0.4, 0.5) is 8.78 Å². The highest BCUT2D eigenvalue weighted by Crippen LogP contribution is 2.32. The number of aryl methyl sites for hydroxylation is 1. The first-order valence-electron chi connectivity index (χ1n) is 9.32. The van der Waals surface area contributed by atoms with Crippen LogP contribution in [0.3, 0.4) is 0 Å². The van der Waals surface area contributed by atoms with Crippen LogP contribution in [0.15, 0.2) is 30.3 Å². The summed E-state index contributed by atoms with van der Waals surface area (Å²) < 4.78 is 25.7. The molecule has 1 aliphatic heterocycles. The van der Waals surface area contributed by atoms with Crippen molar-refractivity contribution in [2.45, 2.75) is 71.3 Å². The van der Waals surface area contributed by atoms with Gasteiger partial charge in [-0.3, -0.25) is 4.79 Å². The molecule has 0 amide bonds. The number of carbonyl (C=O) groups is 1. The Labute approximate surface area is 153 Å². The number of carbonyl (C=O) groups excluding carboxylic acids is 1. The monoisotopic (exact) mass is 363 g/mol. The summed E-state index contributed by atoms with van der Waals surface area (Å²) in [5, 5.41) is 4.34. The summed E-state index contributed by atoms with van der Waals surface area (Å²) in [7, 11) is 0. The fraction of sp³-hybridized carbons (Fsp3) is 0.550. The number of aromatic nitrogens is 3. The van der Waals surface area contributed by atoms with E-state index in [4.69, 9.17) is 0 Å². The van der Waals surface area contributed by atoms with Crippen LogP contribution in [0, 0.1) is 0 Å². The van der Waals surface area contributed by atoms with Gasteiger partial charge in [0.15, 0.2) is 0 Å². The van der Waals surface area contributed by atoms with E-state index in [2.05, 4.69) is 22.2 Å². The Bertz CT molecular complexity index is 707. The first kappa shape index (κ1) is 20.2. The molecule has 0 aliphatic carbocycles. The standard InChI is InChI=1S/C15H17N3O.C5H10F2/c1-2-6-13(19)14-16-15-12(9-10-18(15)17-14)11-7-4-3-5-8-11;1-3-5(6,7)4-2/h3-5,7-8,12H,2,6,9-10H2,1H3;3-4H2,1-2H3. The number of halogens is 2. The highest BCUT2D eigenvalue weighted by molar-refractivity contribution is 5.92. The molecule has 0 N–H and O–H groups in total. The Morgan fingerprint density at radius 3 is 2.38 bits per heavy atom. The number of rotatable bonds is 6. The summed E-state index contributed by atoms with van der Waals surface area (Å²) in [5.74, 6) is -0.767. The lowest BCUT2D eigenvalue weighted by Crippen LogP contribution is -2.10. The molecule has 2 heterocycles. The smallest absolute Gasteiger partial charge is 0.247 e. The first-order valence-corrected chi connectivity index (χ1v) is 9.32. The number of hydrogen-bond donors (Lipinski definition) is 0. The molecule has 0 saturated heterocycles. The number of ketones is 1. The molecule has 1 aliphatic rings. The Kier molecular flexibility index (Phi) is 7.00. The van der Waals surface area contributed by atoms with Crippen molar-refractivity contribution < 1.29 is 13.6 Å². The molecule has 0 spiro atoms. The van der Waals surface area contributed by atoms with E-state index in [-0.39, 0.29) is 24.5 Å². The molecule has 6 heteroatoms. The summed E-state index contributed by atoms with van der Waals surface area (Å²) >= 11 is 0. The fourth-order valence-corrected chi connectivity index (χ4v) is 2.87. The fourth-order valence-electron chi connectivity index (χ4n) is 2.87. The zero-order valence-corrected chi connectivity index (χ0v) is 15.7. The molecule has 1 aromatic heterocycles. The quantitative estimate of drug-likeness (QED) is 0.660. The predicted molar refractivity (Wildman–Crippen MR) is 97.7 cm³/mol. The van der Waals surface area contributed by atoms with Crippen molar-refractivity contribution in [3.05, 3.63) is 47.5 Å². The van der Waals surface area contributed by atoms with Crippen LogP contribution in [0.1, 0.15) is 80.8 Å². The molecule has 0 fully saturated rings. The van der Waals surface area contributed by atoms with E-state index in [1.165, 1.54) is 19.4 Å². The van der Waals surface area contributed by atoms with Crippen molar-refractivity contribution in [3.8, 4) is 0 Å². The molecule has 1 atom stereocenters. The Hall–Kier alpha value is -2.11. The molecule has 3 rings (SSSR count). The van der Waals surface area contributed by atoms with Crippen molar-refractivity contribution in [2.24, 2.45) is 0 Å². The minimum absolute atomic E-state index is 0.0382. The van der Waals surface area contributed by atoms with Gasteiger partial charge in [-0.15, -0.1) is 5.10 Å². The van der Waals surface area contributed by atoms with E-state index < -0.39 is 5.92 Å². The van der Waals surface area contributed by atoms with Crippen molar-refractivity contribution >= 4 is 5.78 Å². The lowest BCUT2D eigenvalue weighted by molar-refractivity contribution is -0.00647. The van der Waals surface area contributed by atoms with Crippen molar-refractivity contribution in [1.82, 2.24) is 14.8 Å². The Balaban J connectivity index is 0.000000298. The average Bonchev–Trinajstić information content (AvgIpc) is 3.24. The Morgan fingerprint density at radius 2 is 1.85 bits per heavy atom. The lowest BCUT2D eigenvalue weighted by atomic mass is 9.97. The molecular formula is C20H27F2N3O. The second-order valence-electron chi connectivity index (χ2n) is 6.50. The zero-order chi connectivity index (χ0) is 19.2. The van der Waals surface area contributed by atoms with E-state index in [0.717, 1.165) is 25.2 Å². The van der Waals surface area contributed by atoms with Gasteiger partial charge >= 0.3 is 0 Å². The van der Waals surface area contributed by atoms with Gasteiger partial charge in [0, 0.05) is 31.7 Å². The maximum atomic E-state index is 11.9. The van der Waals surface area contributed by atoms with Gasteiger partial charge in [0.2, 0.25) is 17.5 Å². The van der Waals surface area contributed by atoms with Gasteiger partial charge in [-0.25, -0.2) is 18.4 Å². The van der Waals surface area contributed by atoms with Crippen molar-refractivity contribution in [2.75, 3.05) is 0 Å². The van der Waals surface area contributed by atoms with Crippen molar-refractivity contribution in [1.29, 1.82) is 0 Å². The maximum absolute atomic E-state index is 11.9. The van der Waals surface area contributed by atoms with E-state index >= 15 is 0 Å². The second-order valence-corrected chi connectivity index (χ2v) is 6.50. The van der Waals surface area contributed by atoms with Gasteiger partial charge in [-0.2, -0.15) is 0 Å². The van der Waals surface area contributed by atoms with Gasteiger partial charge in [-0.1, -0.05) is 51.1 Å². The van der Waals surface area contributed by atoms with Crippen molar-refractivity contribution in [3.63, 3.8) is 0 Å². The first-order chi connectivity index (χ1) is 12.4. The third-order valence-electron chi connectivity index (χ3n) is 4.60. The third-order valence-corrected chi connectivity index (χ3v) is 4.60. The van der Waals surface area contributed by atoms with E-state index in [0.29, 0.717) is 12.2 Å². The summed E-state index contributed by atoms with van der Waals surface area (Å²) in [6.45, 7) is 5.82. The van der Waals surface area contributed by atoms with Crippen LogP contribution in [-0.4, -0.2) is 26.5 Å². The van der Waals surface area contributed by atoms with Crippen LogP contribution < -0.4 is 0 Å². The molecule has 0 saturated carbocycles. The zero-order valence-electron chi connectivity index (χ0n) is 15.7. The normalized spacial score (nSPS) is 16.0. The Morgan fingerprint density at radius 1 is 1.19 bits per heavy atom. The topological polar surface area (TPSA) is 47.8 Å². The minimum atomic E-state index is -2.42. The average molecular weight is 363 g/mol. The summed E-state index contributed by atoms with van der Waals surface area (Å²) in [4.78, 5) is 16.3. The van der Waals surface area contributed by atoms with E-state index in [9.17, 15) is 13.6 Å². The number of Topliss-reactive ketones (excluding diaryl/α,β-unsaturated/α-hetero) is 1. The van der Waals surface area contributed by atoms with Gasteiger partial charge in [-0.05, 0) is 18.4 Å². The number of hydrogen-bond acceptors (Lipinski definition) is 3. The van der Waals surface area contributed by atoms with Crippen LogP contribution in [-0.2, 0) is 6.54 Å². The summed E-state index contributed by atoms with van der Waals surface area (Å²) in [6, 6.07) is 10.3.